The molecule has 0 aromatic heterocycles. The van der Waals surface area contributed by atoms with Crippen molar-refractivity contribution in [1.82, 2.24) is 5.32 Å². The lowest BCUT2D eigenvalue weighted by Gasteiger charge is -2.27. The zero-order chi connectivity index (χ0) is 17.9. The highest BCUT2D eigenvalue weighted by molar-refractivity contribution is 5.91. The molecule has 1 fully saturated rings. The maximum Gasteiger partial charge on any atom is 0.319 e. The van der Waals surface area contributed by atoms with Crippen molar-refractivity contribution < 1.29 is 14.7 Å². The topological polar surface area (TPSA) is 78.4 Å². The third-order valence-electron chi connectivity index (χ3n) is 4.87. The summed E-state index contributed by atoms with van der Waals surface area (Å²) in [7, 11) is 0. The Labute approximate surface area is 143 Å². The van der Waals surface area contributed by atoms with Gasteiger partial charge in [-0.1, -0.05) is 26.0 Å². The second kappa shape index (κ2) is 7.69. The number of urea groups is 1. The van der Waals surface area contributed by atoms with Crippen LogP contribution in [0, 0.1) is 19.8 Å². The van der Waals surface area contributed by atoms with Crippen LogP contribution >= 0.6 is 0 Å². The first-order chi connectivity index (χ1) is 11.3. The second-order valence-corrected chi connectivity index (χ2v) is 7.17. The summed E-state index contributed by atoms with van der Waals surface area (Å²) in [6, 6.07) is 4.07. The zero-order valence-corrected chi connectivity index (χ0v) is 15.0. The van der Waals surface area contributed by atoms with Crippen molar-refractivity contribution in [2.45, 2.75) is 65.3 Å². The lowest BCUT2D eigenvalue weighted by atomic mass is 9.86. The van der Waals surface area contributed by atoms with Gasteiger partial charge in [0, 0.05) is 11.7 Å². The van der Waals surface area contributed by atoms with Crippen LogP contribution < -0.4 is 10.6 Å². The molecule has 0 saturated heterocycles. The average molecular weight is 332 g/mol. The van der Waals surface area contributed by atoms with Gasteiger partial charge in [0.25, 0.3) is 0 Å². The number of nitrogens with one attached hydrogen (secondary N) is 2. The first kappa shape index (κ1) is 18.3. The van der Waals surface area contributed by atoms with Crippen LogP contribution in [0.2, 0.25) is 0 Å². The van der Waals surface area contributed by atoms with Gasteiger partial charge in [-0.3, -0.25) is 4.79 Å². The number of hydrogen-bond donors (Lipinski definition) is 3. The van der Waals surface area contributed by atoms with E-state index in [4.69, 9.17) is 5.11 Å². The molecule has 2 amide bonds. The van der Waals surface area contributed by atoms with Gasteiger partial charge in [0.1, 0.15) is 0 Å². The van der Waals surface area contributed by atoms with Crippen LogP contribution in [0.3, 0.4) is 0 Å². The Morgan fingerprint density at radius 2 is 1.62 bits per heavy atom. The van der Waals surface area contributed by atoms with Crippen molar-refractivity contribution in [3.05, 3.63) is 28.8 Å². The third-order valence-corrected chi connectivity index (χ3v) is 4.87. The van der Waals surface area contributed by atoms with Gasteiger partial charge in [-0.2, -0.15) is 0 Å². The summed E-state index contributed by atoms with van der Waals surface area (Å²) >= 11 is 0. The van der Waals surface area contributed by atoms with Gasteiger partial charge in [-0.25, -0.2) is 4.79 Å². The Hall–Kier alpha value is -2.04. The molecular formula is C19H28N2O3. The number of benzene rings is 1. The molecule has 24 heavy (non-hydrogen) atoms. The van der Waals surface area contributed by atoms with Crippen LogP contribution in [0.1, 0.15) is 62.1 Å². The number of hydrogen-bond acceptors (Lipinski definition) is 2. The lowest BCUT2D eigenvalue weighted by Crippen LogP contribution is -2.41. The molecule has 0 heterocycles. The SMILES string of the molecule is Cc1cc(C(C)C)cc(C)c1NC(=O)NC1CCC(C(=O)O)CC1. The molecule has 1 aromatic rings. The van der Waals surface area contributed by atoms with Gasteiger partial charge in [-0.05, 0) is 62.1 Å². The number of carboxylic acid groups (broad SMARTS) is 1. The molecule has 0 unspecified atom stereocenters. The van der Waals surface area contributed by atoms with Crippen molar-refractivity contribution >= 4 is 17.7 Å². The van der Waals surface area contributed by atoms with Crippen LogP contribution in [0.25, 0.3) is 0 Å². The van der Waals surface area contributed by atoms with Gasteiger partial charge in [0.15, 0.2) is 0 Å². The normalized spacial score (nSPS) is 20.7. The quantitative estimate of drug-likeness (QED) is 0.773. The molecule has 0 spiro atoms. The lowest BCUT2D eigenvalue weighted by molar-refractivity contribution is -0.142. The van der Waals surface area contributed by atoms with Gasteiger partial charge >= 0.3 is 12.0 Å². The maximum atomic E-state index is 12.3. The number of carboxylic acids is 1. The Kier molecular flexibility index (Phi) is 5.86. The molecule has 1 saturated carbocycles. The average Bonchev–Trinajstić information content (AvgIpc) is 2.51. The molecule has 0 atom stereocenters. The summed E-state index contributed by atoms with van der Waals surface area (Å²) in [5.41, 5.74) is 4.24. The molecule has 132 valence electrons. The number of carbonyl (C=O) groups is 2. The van der Waals surface area contributed by atoms with E-state index < -0.39 is 5.97 Å². The fourth-order valence-corrected chi connectivity index (χ4v) is 3.35. The van der Waals surface area contributed by atoms with Gasteiger partial charge in [0.05, 0.1) is 5.92 Å². The highest BCUT2D eigenvalue weighted by Crippen LogP contribution is 2.27. The second-order valence-electron chi connectivity index (χ2n) is 7.17. The Balaban J connectivity index is 1.95. The van der Waals surface area contributed by atoms with E-state index in [1.807, 2.05) is 13.8 Å². The van der Waals surface area contributed by atoms with E-state index >= 15 is 0 Å². The van der Waals surface area contributed by atoms with Crippen LogP contribution in [-0.4, -0.2) is 23.1 Å². The number of aliphatic carboxylic acids is 1. The van der Waals surface area contributed by atoms with E-state index in [1.54, 1.807) is 0 Å². The minimum Gasteiger partial charge on any atom is -0.481 e. The van der Waals surface area contributed by atoms with Gasteiger partial charge in [-0.15, -0.1) is 0 Å². The van der Waals surface area contributed by atoms with Crippen molar-refractivity contribution in [3.8, 4) is 0 Å². The van der Waals surface area contributed by atoms with E-state index in [9.17, 15) is 9.59 Å². The Morgan fingerprint density at radius 1 is 1.08 bits per heavy atom. The standard InChI is InChI=1S/C19H28N2O3/c1-11(2)15-9-12(3)17(13(4)10-15)21-19(24)20-16-7-5-14(6-8-16)18(22)23/h9-11,14,16H,5-8H2,1-4H3,(H,22,23)(H2,20,21,24). The highest BCUT2D eigenvalue weighted by Gasteiger charge is 2.26. The number of amides is 2. The molecule has 0 bridgehead atoms. The predicted molar refractivity (Wildman–Crippen MR) is 95.5 cm³/mol. The third kappa shape index (κ3) is 4.49. The van der Waals surface area contributed by atoms with E-state index in [0.29, 0.717) is 31.6 Å². The van der Waals surface area contributed by atoms with E-state index in [0.717, 1.165) is 16.8 Å². The van der Waals surface area contributed by atoms with Crippen LogP contribution in [0.4, 0.5) is 10.5 Å². The van der Waals surface area contributed by atoms with E-state index in [1.165, 1.54) is 5.56 Å². The van der Waals surface area contributed by atoms with Crippen molar-refractivity contribution in [1.29, 1.82) is 0 Å². The minimum atomic E-state index is -0.727. The maximum absolute atomic E-state index is 12.3. The number of rotatable bonds is 4. The molecule has 0 radical (unpaired) electrons. The summed E-state index contributed by atoms with van der Waals surface area (Å²) in [6.07, 6.45) is 2.69. The minimum absolute atomic E-state index is 0.0520. The summed E-state index contributed by atoms with van der Waals surface area (Å²) in [4.78, 5) is 23.3. The largest absolute Gasteiger partial charge is 0.481 e. The van der Waals surface area contributed by atoms with Crippen LogP contribution in [0.15, 0.2) is 12.1 Å². The fraction of sp³-hybridized carbons (Fsp3) is 0.579. The number of carbonyl (C=O) groups excluding carboxylic acids is 1. The monoisotopic (exact) mass is 332 g/mol. The molecule has 1 aliphatic rings. The molecule has 5 heteroatoms. The summed E-state index contributed by atoms with van der Waals surface area (Å²) < 4.78 is 0. The van der Waals surface area contributed by atoms with Crippen molar-refractivity contribution in [2.24, 2.45) is 5.92 Å². The molecule has 3 N–H and O–H groups in total. The Morgan fingerprint density at radius 3 is 2.08 bits per heavy atom. The molecule has 0 aliphatic heterocycles. The van der Waals surface area contributed by atoms with Gasteiger partial charge in [0.2, 0.25) is 0 Å². The highest BCUT2D eigenvalue weighted by atomic mass is 16.4. The summed E-state index contributed by atoms with van der Waals surface area (Å²) in [6.45, 7) is 8.32. The molecule has 1 aliphatic carbocycles. The van der Waals surface area contributed by atoms with Crippen molar-refractivity contribution in [2.75, 3.05) is 5.32 Å². The predicted octanol–water partition coefficient (Wildman–Crippen LogP) is 4.19. The molecule has 5 nitrogen and oxygen atoms in total. The van der Waals surface area contributed by atoms with Crippen LogP contribution in [-0.2, 0) is 4.79 Å². The van der Waals surface area contributed by atoms with Crippen LogP contribution in [0.5, 0.6) is 0 Å². The summed E-state index contributed by atoms with van der Waals surface area (Å²) in [5.74, 6) is -0.539. The van der Waals surface area contributed by atoms with Crippen molar-refractivity contribution in [3.63, 3.8) is 0 Å². The fourth-order valence-electron chi connectivity index (χ4n) is 3.35. The first-order valence-corrected chi connectivity index (χ1v) is 8.69. The van der Waals surface area contributed by atoms with Gasteiger partial charge < -0.3 is 15.7 Å². The molecular weight excluding hydrogens is 304 g/mol. The first-order valence-electron chi connectivity index (χ1n) is 8.69. The number of aryl methyl sites for hydroxylation is 2. The van der Waals surface area contributed by atoms with E-state index in [-0.39, 0.29) is 18.0 Å². The zero-order valence-electron chi connectivity index (χ0n) is 15.0. The smallest absolute Gasteiger partial charge is 0.319 e. The molecule has 1 aromatic carbocycles. The summed E-state index contributed by atoms with van der Waals surface area (Å²) in [5, 5.41) is 15.0. The number of anilines is 1. The molecule has 2 rings (SSSR count). The van der Waals surface area contributed by atoms with E-state index in [2.05, 4.69) is 36.6 Å². The Bertz CT molecular complexity index is 594.